The molecule has 1 aliphatic rings. The Labute approximate surface area is 154 Å². The zero-order valence-electron chi connectivity index (χ0n) is 14.7. The summed E-state index contributed by atoms with van der Waals surface area (Å²) in [5.74, 6) is -0.675. The van der Waals surface area contributed by atoms with Gasteiger partial charge in [0.2, 0.25) is 0 Å². The lowest BCUT2D eigenvalue weighted by molar-refractivity contribution is -0.153. The normalized spacial score (nSPS) is 20.4. The summed E-state index contributed by atoms with van der Waals surface area (Å²) < 4.78 is 48.1. The van der Waals surface area contributed by atoms with Crippen molar-refractivity contribution >= 4 is 5.91 Å². The first kappa shape index (κ1) is 19.2. The maximum Gasteiger partial charge on any atom is 0.422 e. The van der Waals surface area contributed by atoms with Gasteiger partial charge in [0.25, 0.3) is 5.91 Å². The second-order valence-electron chi connectivity index (χ2n) is 6.43. The number of morpholine rings is 1. The van der Waals surface area contributed by atoms with Crippen molar-refractivity contribution in [2.45, 2.75) is 18.7 Å². The van der Waals surface area contributed by atoms with Crippen LogP contribution in [0.4, 0.5) is 13.2 Å². The van der Waals surface area contributed by atoms with Gasteiger partial charge in [0, 0.05) is 12.7 Å². The highest BCUT2D eigenvalue weighted by molar-refractivity contribution is 5.95. The predicted octanol–water partition coefficient (Wildman–Crippen LogP) is 3.41. The molecule has 1 amide bonds. The van der Waals surface area contributed by atoms with E-state index >= 15 is 0 Å². The van der Waals surface area contributed by atoms with Crippen molar-refractivity contribution in [1.82, 2.24) is 9.88 Å². The highest BCUT2D eigenvalue weighted by atomic mass is 19.4. The van der Waals surface area contributed by atoms with Crippen LogP contribution in [-0.2, 0) is 10.3 Å². The van der Waals surface area contributed by atoms with Crippen LogP contribution in [0.25, 0.3) is 0 Å². The van der Waals surface area contributed by atoms with E-state index in [1.807, 2.05) is 37.3 Å². The minimum Gasteiger partial charge on any atom is -0.482 e. The Bertz CT molecular complexity index is 798. The second kappa shape index (κ2) is 7.56. The fraction of sp³-hybridized carbons (Fsp3) is 0.368. The standard InChI is InChI=1S/C19H19F3N2O3/c1-18(14-6-3-2-4-7-14)12-24(10-11-27-18)17(25)16-15(8-5-9-23-16)26-13-19(20,21)22/h2-9H,10-13H2,1H3. The number of aromatic nitrogens is 1. The Morgan fingerprint density at radius 2 is 2.00 bits per heavy atom. The van der Waals surface area contributed by atoms with Gasteiger partial charge in [-0.15, -0.1) is 0 Å². The van der Waals surface area contributed by atoms with E-state index in [0.717, 1.165) is 5.56 Å². The number of amides is 1. The van der Waals surface area contributed by atoms with Crippen molar-refractivity contribution in [3.8, 4) is 5.75 Å². The quantitative estimate of drug-likeness (QED) is 0.816. The first-order valence-electron chi connectivity index (χ1n) is 8.42. The molecule has 0 spiro atoms. The number of ether oxygens (including phenoxy) is 2. The molecule has 1 unspecified atom stereocenters. The van der Waals surface area contributed by atoms with Gasteiger partial charge in [-0.1, -0.05) is 30.3 Å². The number of rotatable bonds is 4. The van der Waals surface area contributed by atoms with Crippen molar-refractivity contribution in [3.05, 3.63) is 59.9 Å². The number of hydrogen-bond acceptors (Lipinski definition) is 4. The third kappa shape index (κ3) is 4.57. The topological polar surface area (TPSA) is 51.7 Å². The summed E-state index contributed by atoms with van der Waals surface area (Å²) >= 11 is 0. The molecule has 1 saturated heterocycles. The Balaban J connectivity index is 1.80. The number of nitrogens with zero attached hydrogens (tertiary/aromatic N) is 2. The minimum atomic E-state index is -4.50. The summed E-state index contributed by atoms with van der Waals surface area (Å²) in [5.41, 5.74) is 0.0628. The van der Waals surface area contributed by atoms with Gasteiger partial charge in [-0.3, -0.25) is 4.79 Å². The summed E-state index contributed by atoms with van der Waals surface area (Å²) in [7, 11) is 0. The fourth-order valence-corrected chi connectivity index (χ4v) is 2.99. The molecule has 1 aliphatic heterocycles. The molecular weight excluding hydrogens is 361 g/mol. The third-order valence-corrected chi connectivity index (χ3v) is 4.31. The van der Waals surface area contributed by atoms with E-state index < -0.39 is 24.3 Å². The Morgan fingerprint density at radius 3 is 2.70 bits per heavy atom. The first-order chi connectivity index (χ1) is 12.8. The molecule has 5 nitrogen and oxygen atoms in total. The average Bonchev–Trinajstić information content (AvgIpc) is 2.66. The molecule has 2 heterocycles. The zero-order chi connectivity index (χ0) is 19.5. The fourth-order valence-electron chi connectivity index (χ4n) is 2.99. The van der Waals surface area contributed by atoms with Gasteiger partial charge in [0.1, 0.15) is 5.60 Å². The summed E-state index contributed by atoms with van der Waals surface area (Å²) in [5, 5.41) is 0. The number of hydrogen-bond donors (Lipinski definition) is 0. The molecule has 0 saturated carbocycles. The minimum absolute atomic E-state index is 0.140. The van der Waals surface area contributed by atoms with Crippen LogP contribution < -0.4 is 4.74 Å². The third-order valence-electron chi connectivity index (χ3n) is 4.31. The lowest BCUT2D eigenvalue weighted by atomic mass is 9.93. The number of benzene rings is 1. The molecule has 0 radical (unpaired) electrons. The SMILES string of the molecule is CC1(c2ccccc2)CN(C(=O)c2ncccc2OCC(F)(F)F)CCO1. The van der Waals surface area contributed by atoms with Crippen LogP contribution in [0.1, 0.15) is 23.0 Å². The predicted molar refractivity (Wildman–Crippen MR) is 91.4 cm³/mol. The molecule has 1 aromatic carbocycles. The van der Waals surface area contributed by atoms with E-state index in [1.54, 1.807) is 0 Å². The maximum atomic E-state index is 12.9. The molecule has 0 N–H and O–H groups in total. The van der Waals surface area contributed by atoms with Crippen LogP contribution in [-0.4, -0.2) is 48.3 Å². The van der Waals surface area contributed by atoms with Gasteiger partial charge < -0.3 is 14.4 Å². The Hall–Kier alpha value is -2.61. The van der Waals surface area contributed by atoms with Crippen molar-refractivity contribution in [3.63, 3.8) is 0 Å². The smallest absolute Gasteiger partial charge is 0.422 e. The Morgan fingerprint density at radius 1 is 1.26 bits per heavy atom. The van der Waals surface area contributed by atoms with Crippen LogP contribution >= 0.6 is 0 Å². The lowest BCUT2D eigenvalue weighted by Crippen LogP contribution is -2.50. The van der Waals surface area contributed by atoms with Crippen molar-refractivity contribution in [2.75, 3.05) is 26.3 Å². The molecule has 3 rings (SSSR count). The molecule has 1 fully saturated rings. The molecule has 0 bridgehead atoms. The van der Waals surface area contributed by atoms with Gasteiger partial charge in [0.05, 0.1) is 13.2 Å². The van der Waals surface area contributed by atoms with Crippen LogP contribution in [0.5, 0.6) is 5.75 Å². The van der Waals surface area contributed by atoms with Crippen LogP contribution in [0.15, 0.2) is 48.7 Å². The highest BCUT2D eigenvalue weighted by Gasteiger charge is 2.37. The van der Waals surface area contributed by atoms with Crippen LogP contribution in [0.2, 0.25) is 0 Å². The van der Waals surface area contributed by atoms with Crippen molar-refractivity contribution in [2.24, 2.45) is 0 Å². The average molecular weight is 380 g/mol. The molecule has 8 heteroatoms. The van der Waals surface area contributed by atoms with Gasteiger partial charge in [0.15, 0.2) is 18.1 Å². The number of alkyl halides is 3. The Kier molecular flexibility index (Phi) is 5.36. The van der Waals surface area contributed by atoms with Gasteiger partial charge in [-0.05, 0) is 24.6 Å². The maximum absolute atomic E-state index is 12.9. The van der Waals surface area contributed by atoms with E-state index in [4.69, 9.17) is 9.47 Å². The van der Waals surface area contributed by atoms with Crippen molar-refractivity contribution < 1.29 is 27.4 Å². The van der Waals surface area contributed by atoms with Gasteiger partial charge in [-0.25, -0.2) is 4.98 Å². The number of pyridine rings is 1. The number of halogens is 3. The summed E-state index contributed by atoms with van der Waals surface area (Å²) in [6.07, 6.45) is -3.15. The second-order valence-corrected chi connectivity index (χ2v) is 6.43. The van der Waals surface area contributed by atoms with E-state index in [9.17, 15) is 18.0 Å². The molecule has 27 heavy (non-hydrogen) atoms. The number of carbonyl (C=O) groups is 1. The monoisotopic (exact) mass is 380 g/mol. The van der Waals surface area contributed by atoms with E-state index in [-0.39, 0.29) is 18.0 Å². The summed E-state index contributed by atoms with van der Waals surface area (Å²) in [4.78, 5) is 18.4. The van der Waals surface area contributed by atoms with E-state index in [1.165, 1.54) is 23.2 Å². The van der Waals surface area contributed by atoms with Gasteiger partial charge in [-0.2, -0.15) is 13.2 Å². The molecule has 2 aromatic rings. The van der Waals surface area contributed by atoms with E-state index in [0.29, 0.717) is 13.2 Å². The summed E-state index contributed by atoms with van der Waals surface area (Å²) in [6, 6.07) is 12.2. The highest BCUT2D eigenvalue weighted by Crippen LogP contribution is 2.31. The molecule has 1 aromatic heterocycles. The summed E-state index contributed by atoms with van der Waals surface area (Å²) in [6.45, 7) is 1.27. The molecule has 144 valence electrons. The first-order valence-corrected chi connectivity index (χ1v) is 8.42. The molecule has 1 atom stereocenters. The van der Waals surface area contributed by atoms with Crippen LogP contribution in [0, 0.1) is 0 Å². The van der Waals surface area contributed by atoms with Crippen LogP contribution in [0.3, 0.4) is 0 Å². The molecule has 0 aliphatic carbocycles. The van der Waals surface area contributed by atoms with Crippen molar-refractivity contribution in [1.29, 1.82) is 0 Å². The largest absolute Gasteiger partial charge is 0.482 e. The zero-order valence-corrected chi connectivity index (χ0v) is 14.7. The number of carbonyl (C=O) groups excluding carboxylic acids is 1. The van der Waals surface area contributed by atoms with E-state index in [2.05, 4.69) is 4.98 Å². The lowest BCUT2D eigenvalue weighted by Gasteiger charge is -2.40. The molecular formula is C19H19F3N2O3. The van der Waals surface area contributed by atoms with Gasteiger partial charge >= 0.3 is 6.18 Å².